The predicted molar refractivity (Wildman–Crippen MR) is 75.9 cm³/mol. The van der Waals surface area contributed by atoms with Gasteiger partial charge in [-0.15, -0.1) is 11.3 Å². The molecule has 8 nitrogen and oxygen atoms in total. The number of urea groups is 1. The lowest BCUT2D eigenvalue weighted by Gasteiger charge is -2.14. The average molecular weight is 309 g/mol. The van der Waals surface area contributed by atoms with Gasteiger partial charge in [-0.3, -0.25) is 0 Å². The topological polar surface area (TPSA) is 120 Å². The van der Waals surface area contributed by atoms with Crippen molar-refractivity contribution in [2.75, 3.05) is 0 Å². The van der Waals surface area contributed by atoms with Crippen molar-refractivity contribution in [2.24, 2.45) is 0 Å². The third-order valence-corrected chi connectivity index (χ3v) is 3.77. The van der Waals surface area contributed by atoms with E-state index in [-0.39, 0.29) is 6.42 Å². The van der Waals surface area contributed by atoms with Gasteiger partial charge in [-0.05, 0) is 6.92 Å². The Labute approximate surface area is 124 Å². The number of aryl methyl sites for hydroxylation is 1. The van der Waals surface area contributed by atoms with E-state index in [4.69, 9.17) is 5.11 Å². The van der Waals surface area contributed by atoms with Crippen molar-refractivity contribution in [3.05, 3.63) is 34.3 Å². The Morgan fingerprint density at radius 3 is 2.90 bits per heavy atom. The normalized spacial score (nSPS) is 11.9. The van der Waals surface area contributed by atoms with Gasteiger partial charge in [0, 0.05) is 23.2 Å². The Morgan fingerprint density at radius 2 is 2.33 bits per heavy atom. The lowest BCUT2D eigenvalue weighted by molar-refractivity contribution is -0.139. The number of aliphatic carboxylic acids is 1. The number of carboxylic acids is 1. The summed E-state index contributed by atoms with van der Waals surface area (Å²) >= 11 is 1.44. The number of carbonyl (C=O) groups excluding carboxylic acids is 1. The first-order valence-electron chi connectivity index (χ1n) is 6.19. The minimum Gasteiger partial charge on any atom is -0.480 e. The summed E-state index contributed by atoms with van der Waals surface area (Å²) in [5.74, 6) is -1.10. The van der Waals surface area contributed by atoms with Crippen molar-refractivity contribution in [1.29, 1.82) is 0 Å². The molecule has 0 aliphatic carbocycles. The van der Waals surface area contributed by atoms with E-state index in [2.05, 4.69) is 25.6 Å². The summed E-state index contributed by atoms with van der Waals surface area (Å²) in [5.41, 5.74) is 3.19. The van der Waals surface area contributed by atoms with Crippen LogP contribution in [0.3, 0.4) is 0 Å². The number of nitrogens with zero attached hydrogens (tertiary/aromatic N) is 2. The van der Waals surface area contributed by atoms with Crippen LogP contribution in [-0.2, 0) is 17.8 Å². The number of amides is 2. The van der Waals surface area contributed by atoms with Crippen molar-refractivity contribution < 1.29 is 14.7 Å². The maximum Gasteiger partial charge on any atom is 0.326 e. The second kappa shape index (κ2) is 6.84. The molecule has 0 bridgehead atoms. The highest BCUT2D eigenvalue weighted by atomic mass is 32.1. The second-order valence-corrected chi connectivity index (χ2v) is 5.30. The summed E-state index contributed by atoms with van der Waals surface area (Å²) < 4.78 is 0. The quantitative estimate of drug-likeness (QED) is 0.625. The maximum absolute atomic E-state index is 11.8. The van der Waals surface area contributed by atoms with E-state index < -0.39 is 18.0 Å². The number of carbonyl (C=O) groups is 2. The predicted octanol–water partition coefficient (Wildman–Crippen LogP) is 0.670. The molecule has 0 saturated heterocycles. The number of hydrogen-bond acceptors (Lipinski definition) is 5. The lowest BCUT2D eigenvalue weighted by atomic mass is 10.2. The molecule has 0 unspecified atom stereocenters. The third-order valence-electron chi connectivity index (χ3n) is 2.84. The summed E-state index contributed by atoms with van der Waals surface area (Å²) in [6, 6.07) is -1.55. The molecule has 2 amide bonds. The molecule has 0 aromatic carbocycles. The van der Waals surface area contributed by atoms with E-state index in [0.717, 1.165) is 10.6 Å². The van der Waals surface area contributed by atoms with Gasteiger partial charge in [0.1, 0.15) is 6.04 Å². The molecular weight excluding hydrogens is 294 g/mol. The fourth-order valence-corrected chi connectivity index (χ4v) is 2.40. The van der Waals surface area contributed by atoms with Crippen LogP contribution < -0.4 is 10.6 Å². The van der Waals surface area contributed by atoms with Gasteiger partial charge in [0.05, 0.1) is 24.1 Å². The first kappa shape index (κ1) is 15.0. The van der Waals surface area contributed by atoms with E-state index in [9.17, 15) is 9.59 Å². The lowest BCUT2D eigenvalue weighted by Crippen LogP contribution is -2.46. The highest BCUT2D eigenvalue weighted by Crippen LogP contribution is 2.11. The summed E-state index contributed by atoms with van der Waals surface area (Å²) in [6.07, 6.45) is 3.12. The number of hydrogen-bond donors (Lipinski definition) is 4. The van der Waals surface area contributed by atoms with Gasteiger partial charge in [0.2, 0.25) is 0 Å². The van der Waals surface area contributed by atoms with E-state index in [1.165, 1.54) is 23.9 Å². The summed E-state index contributed by atoms with van der Waals surface area (Å²) in [7, 11) is 0. The van der Waals surface area contributed by atoms with E-state index in [1.54, 1.807) is 5.51 Å². The van der Waals surface area contributed by atoms with E-state index in [1.807, 2.05) is 6.92 Å². The zero-order valence-corrected chi connectivity index (χ0v) is 12.1. The summed E-state index contributed by atoms with van der Waals surface area (Å²) in [5, 5.41) is 14.2. The highest BCUT2D eigenvalue weighted by molar-refractivity contribution is 7.09. The Kier molecular flexibility index (Phi) is 4.88. The zero-order chi connectivity index (χ0) is 15.2. The second-order valence-electron chi connectivity index (χ2n) is 4.36. The molecule has 1 atom stereocenters. The smallest absolute Gasteiger partial charge is 0.326 e. The Hall–Kier alpha value is -2.42. The van der Waals surface area contributed by atoms with Crippen LogP contribution in [0.1, 0.15) is 16.3 Å². The molecule has 2 aromatic heterocycles. The third kappa shape index (κ3) is 4.28. The highest BCUT2D eigenvalue weighted by Gasteiger charge is 2.21. The number of carboxylic acid groups (broad SMARTS) is 1. The van der Waals surface area contributed by atoms with Crippen molar-refractivity contribution in [2.45, 2.75) is 25.9 Å². The first-order chi connectivity index (χ1) is 10.1. The number of imidazole rings is 1. The molecular formula is C12H15N5O3S. The molecule has 2 heterocycles. The molecule has 9 heteroatoms. The van der Waals surface area contributed by atoms with E-state index >= 15 is 0 Å². The molecule has 0 aliphatic heterocycles. The molecule has 0 aliphatic rings. The van der Waals surface area contributed by atoms with Gasteiger partial charge in [-0.1, -0.05) is 0 Å². The van der Waals surface area contributed by atoms with E-state index in [0.29, 0.717) is 12.2 Å². The molecule has 0 fully saturated rings. The SMILES string of the molecule is Cc1ncsc1CNC(=O)N[C@@H](Cc1cnc[nH]1)C(=O)O. The average Bonchev–Trinajstić information content (AvgIpc) is 3.07. The number of aromatic nitrogens is 3. The molecule has 2 rings (SSSR count). The molecule has 2 aromatic rings. The standard InChI is InChI=1S/C12H15N5O3S/c1-7-10(21-6-16-7)4-14-12(20)17-9(11(18)19)2-8-3-13-5-15-8/h3,5-6,9H,2,4H2,1H3,(H,13,15)(H,18,19)(H2,14,17,20)/t9-/m0/s1. The van der Waals surface area contributed by atoms with Crippen LogP contribution >= 0.6 is 11.3 Å². The van der Waals surface area contributed by atoms with Crippen LogP contribution in [-0.4, -0.2) is 38.1 Å². The first-order valence-corrected chi connectivity index (χ1v) is 7.07. The number of H-pyrrole nitrogens is 1. The van der Waals surface area contributed by atoms with Crippen LogP contribution in [0.15, 0.2) is 18.0 Å². The minimum absolute atomic E-state index is 0.141. The van der Waals surface area contributed by atoms with Gasteiger partial charge in [-0.2, -0.15) is 0 Å². The Balaban J connectivity index is 1.86. The van der Waals surface area contributed by atoms with Crippen molar-refractivity contribution in [1.82, 2.24) is 25.6 Å². The maximum atomic E-state index is 11.8. The molecule has 112 valence electrons. The summed E-state index contributed by atoms with van der Waals surface area (Å²) in [4.78, 5) is 34.6. The van der Waals surface area contributed by atoms with Crippen LogP contribution in [0.25, 0.3) is 0 Å². The number of rotatable bonds is 6. The van der Waals surface area contributed by atoms with Gasteiger partial charge in [0.15, 0.2) is 0 Å². The molecule has 0 saturated carbocycles. The minimum atomic E-state index is -1.10. The van der Waals surface area contributed by atoms with Gasteiger partial charge >= 0.3 is 12.0 Å². The number of nitrogens with one attached hydrogen (secondary N) is 3. The van der Waals surface area contributed by atoms with Gasteiger partial charge < -0.3 is 20.7 Å². The molecule has 0 spiro atoms. The monoisotopic (exact) mass is 309 g/mol. The number of aromatic amines is 1. The van der Waals surface area contributed by atoms with Crippen LogP contribution in [0.5, 0.6) is 0 Å². The fraction of sp³-hybridized carbons (Fsp3) is 0.333. The van der Waals surface area contributed by atoms with Crippen LogP contribution in [0.2, 0.25) is 0 Å². The Bertz CT molecular complexity index is 610. The van der Waals surface area contributed by atoms with Gasteiger partial charge in [0.25, 0.3) is 0 Å². The van der Waals surface area contributed by atoms with Crippen molar-refractivity contribution in [3.8, 4) is 0 Å². The van der Waals surface area contributed by atoms with Gasteiger partial charge in [-0.25, -0.2) is 19.6 Å². The molecule has 4 N–H and O–H groups in total. The Morgan fingerprint density at radius 1 is 1.52 bits per heavy atom. The zero-order valence-electron chi connectivity index (χ0n) is 11.3. The van der Waals surface area contributed by atoms with Crippen molar-refractivity contribution >= 4 is 23.3 Å². The molecule has 0 radical (unpaired) electrons. The van der Waals surface area contributed by atoms with Crippen molar-refractivity contribution in [3.63, 3.8) is 0 Å². The number of thiazole rings is 1. The fourth-order valence-electron chi connectivity index (χ4n) is 1.68. The molecule has 21 heavy (non-hydrogen) atoms. The van der Waals surface area contributed by atoms with Crippen LogP contribution in [0, 0.1) is 6.92 Å². The largest absolute Gasteiger partial charge is 0.480 e. The summed E-state index contributed by atoms with van der Waals surface area (Å²) in [6.45, 7) is 2.17. The van der Waals surface area contributed by atoms with Crippen LogP contribution in [0.4, 0.5) is 4.79 Å².